The van der Waals surface area contributed by atoms with E-state index in [9.17, 15) is 10.1 Å². The first kappa shape index (κ1) is 20.2. The highest BCUT2D eigenvalue weighted by Crippen LogP contribution is 2.30. The van der Waals surface area contributed by atoms with Crippen molar-refractivity contribution < 1.29 is 9.53 Å². The van der Waals surface area contributed by atoms with Gasteiger partial charge in [0.15, 0.2) is 0 Å². The number of benzene rings is 3. The molecular formula is C26H23N3O2. The number of hydrogen-bond donors (Lipinski definition) is 2. The van der Waals surface area contributed by atoms with Crippen LogP contribution in [-0.2, 0) is 11.2 Å². The first-order valence-electron chi connectivity index (χ1n) is 10.3. The molecule has 5 heteroatoms. The normalized spacial score (nSPS) is 11.4. The number of para-hydroxylation sites is 1. The topological polar surface area (TPSA) is 77.9 Å². The number of rotatable bonds is 7. The maximum Gasteiger partial charge on any atom is 0.261 e. The van der Waals surface area contributed by atoms with Crippen LogP contribution in [0.5, 0.6) is 5.75 Å². The average molecular weight is 409 g/mol. The first-order valence-corrected chi connectivity index (χ1v) is 10.3. The van der Waals surface area contributed by atoms with Crippen LogP contribution in [0.1, 0.15) is 18.1 Å². The molecule has 4 aromatic rings. The highest BCUT2D eigenvalue weighted by Gasteiger charge is 2.13. The molecule has 0 spiro atoms. The van der Waals surface area contributed by atoms with Crippen LogP contribution in [0.4, 0.5) is 0 Å². The molecule has 0 saturated carbocycles. The van der Waals surface area contributed by atoms with Gasteiger partial charge < -0.3 is 15.0 Å². The van der Waals surface area contributed by atoms with Crippen molar-refractivity contribution in [3.8, 4) is 11.8 Å². The van der Waals surface area contributed by atoms with Crippen LogP contribution in [0.2, 0.25) is 0 Å². The van der Waals surface area contributed by atoms with Gasteiger partial charge in [-0.3, -0.25) is 4.79 Å². The third-order valence-corrected chi connectivity index (χ3v) is 5.24. The number of carbonyl (C=O) groups is 1. The summed E-state index contributed by atoms with van der Waals surface area (Å²) in [6.07, 6.45) is 4.25. The van der Waals surface area contributed by atoms with Crippen LogP contribution in [-0.4, -0.2) is 24.0 Å². The zero-order chi connectivity index (χ0) is 21.6. The van der Waals surface area contributed by atoms with E-state index >= 15 is 0 Å². The second-order valence-corrected chi connectivity index (χ2v) is 7.17. The minimum atomic E-state index is -0.391. The van der Waals surface area contributed by atoms with Crippen LogP contribution in [0, 0.1) is 11.3 Å². The molecule has 0 saturated heterocycles. The summed E-state index contributed by atoms with van der Waals surface area (Å²) in [6, 6.07) is 21.8. The first-order chi connectivity index (χ1) is 15.2. The van der Waals surface area contributed by atoms with E-state index in [-0.39, 0.29) is 5.57 Å². The van der Waals surface area contributed by atoms with E-state index in [1.165, 1.54) is 0 Å². The van der Waals surface area contributed by atoms with Gasteiger partial charge in [0, 0.05) is 29.2 Å². The molecule has 0 unspecified atom stereocenters. The zero-order valence-electron chi connectivity index (χ0n) is 17.3. The summed E-state index contributed by atoms with van der Waals surface area (Å²) >= 11 is 0. The largest absolute Gasteiger partial charge is 0.493 e. The Balaban J connectivity index is 1.55. The van der Waals surface area contributed by atoms with Crippen molar-refractivity contribution in [3.63, 3.8) is 0 Å². The van der Waals surface area contributed by atoms with E-state index < -0.39 is 5.91 Å². The number of carbonyl (C=O) groups excluding carboxylic acids is 1. The predicted octanol–water partition coefficient (Wildman–Crippen LogP) is 4.99. The Hall–Kier alpha value is -4.04. The maximum absolute atomic E-state index is 12.7. The fourth-order valence-electron chi connectivity index (χ4n) is 3.74. The van der Waals surface area contributed by atoms with Crippen LogP contribution >= 0.6 is 0 Å². The summed E-state index contributed by atoms with van der Waals surface area (Å²) in [5.41, 5.74) is 2.99. The number of aromatic amines is 1. The Morgan fingerprint density at radius 2 is 1.87 bits per heavy atom. The average Bonchev–Trinajstić information content (AvgIpc) is 3.21. The second kappa shape index (κ2) is 9.19. The number of amides is 1. The number of nitrogens with one attached hydrogen (secondary N) is 2. The summed E-state index contributed by atoms with van der Waals surface area (Å²) in [4.78, 5) is 16.0. The molecule has 0 aliphatic rings. The molecule has 0 aliphatic carbocycles. The number of hydrogen-bond acceptors (Lipinski definition) is 3. The fraction of sp³-hybridized carbons (Fsp3) is 0.154. The van der Waals surface area contributed by atoms with E-state index in [1.807, 2.05) is 73.8 Å². The molecule has 4 rings (SSSR count). The highest BCUT2D eigenvalue weighted by atomic mass is 16.5. The van der Waals surface area contributed by atoms with Crippen molar-refractivity contribution in [2.45, 2.75) is 13.3 Å². The number of nitriles is 1. The number of nitrogens with zero attached hydrogens (tertiary/aromatic N) is 1. The molecule has 1 heterocycles. The molecular weight excluding hydrogens is 386 g/mol. The molecule has 1 amide bonds. The third kappa shape index (κ3) is 4.29. The standard InChI is InChI=1S/C26H23N3O2/c1-2-31-25-12-11-18-7-3-4-8-21(18)23(25)15-20(16-27)26(30)28-14-13-19-17-29-24-10-6-5-9-22(19)24/h3-12,15,17,29H,2,13-14H2,1H3,(H,28,30)/b20-15-. The summed E-state index contributed by atoms with van der Waals surface area (Å²) in [5.74, 6) is 0.262. The van der Waals surface area contributed by atoms with Gasteiger partial charge >= 0.3 is 0 Å². The van der Waals surface area contributed by atoms with Crippen LogP contribution in [0.25, 0.3) is 27.8 Å². The van der Waals surface area contributed by atoms with Crippen molar-refractivity contribution >= 4 is 33.7 Å². The summed E-state index contributed by atoms with van der Waals surface area (Å²) in [5, 5.41) is 15.6. The van der Waals surface area contributed by atoms with Crippen molar-refractivity contribution in [2.75, 3.05) is 13.2 Å². The predicted molar refractivity (Wildman–Crippen MR) is 124 cm³/mol. The van der Waals surface area contributed by atoms with Crippen LogP contribution in [0.3, 0.4) is 0 Å². The lowest BCUT2D eigenvalue weighted by Crippen LogP contribution is -2.26. The van der Waals surface area contributed by atoms with Gasteiger partial charge in [0.1, 0.15) is 17.4 Å². The molecule has 0 fully saturated rings. The second-order valence-electron chi connectivity index (χ2n) is 7.17. The smallest absolute Gasteiger partial charge is 0.261 e. The summed E-state index contributed by atoms with van der Waals surface area (Å²) in [6.45, 7) is 2.84. The Morgan fingerprint density at radius 3 is 2.68 bits per heavy atom. The van der Waals surface area contributed by atoms with E-state index in [1.54, 1.807) is 6.08 Å². The third-order valence-electron chi connectivity index (χ3n) is 5.24. The lowest BCUT2D eigenvalue weighted by molar-refractivity contribution is -0.117. The molecule has 1 aromatic heterocycles. The van der Waals surface area contributed by atoms with E-state index in [0.717, 1.165) is 32.8 Å². The molecule has 0 bridgehead atoms. The monoisotopic (exact) mass is 409 g/mol. The summed E-state index contributed by atoms with van der Waals surface area (Å²) < 4.78 is 5.75. The number of aromatic nitrogens is 1. The summed E-state index contributed by atoms with van der Waals surface area (Å²) in [7, 11) is 0. The minimum Gasteiger partial charge on any atom is -0.493 e. The number of ether oxygens (including phenoxy) is 1. The van der Waals surface area contributed by atoms with E-state index in [0.29, 0.717) is 25.3 Å². The van der Waals surface area contributed by atoms with Gasteiger partial charge in [0.25, 0.3) is 5.91 Å². The minimum absolute atomic E-state index is 0.0521. The molecule has 0 atom stereocenters. The Labute approximate surface area is 181 Å². The van der Waals surface area contributed by atoms with E-state index in [4.69, 9.17) is 4.74 Å². The maximum atomic E-state index is 12.7. The van der Waals surface area contributed by atoms with Gasteiger partial charge in [-0.25, -0.2) is 0 Å². The van der Waals surface area contributed by atoms with Gasteiger partial charge in [-0.15, -0.1) is 0 Å². The molecule has 31 heavy (non-hydrogen) atoms. The Morgan fingerprint density at radius 1 is 1.10 bits per heavy atom. The fourth-order valence-corrected chi connectivity index (χ4v) is 3.74. The van der Waals surface area contributed by atoms with Gasteiger partial charge in [-0.2, -0.15) is 5.26 Å². The Kier molecular flexibility index (Phi) is 6.00. The molecule has 3 aromatic carbocycles. The van der Waals surface area contributed by atoms with E-state index in [2.05, 4.69) is 16.4 Å². The highest BCUT2D eigenvalue weighted by molar-refractivity contribution is 6.05. The lowest BCUT2D eigenvalue weighted by atomic mass is 10.0. The van der Waals surface area contributed by atoms with Crippen molar-refractivity contribution in [1.29, 1.82) is 5.26 Å². The molecule has 5 nitrogen and oxygen atoms in total. The molecule has 154 valence electrons. The van der Waals surface area contributed by atoms with Gasteiger partial charge in [-0.05, 0) is 47.9 Å². The zero-order valence-corrected chi connectivity index (χ0v) is 17.3. The number of fused-ring (bicyclic) bond motifs is 2. The van der Waals surface area contributed by atoms with Crippen molar-refractivity contribution in [2.24, 2.45) is 0 Å². The molecule has 0 radical (unpaired) electrons. The van der Waals surface area contributed by atoms with Crippen molar-refractivity contribution in [3.05, 3.63) is 83.6 Å². The van der Waals surface area contributed by atoms with Gasteiger partial charge in [0.05, 0.1) is 6.61 Å². The quantitative estimate of drug-likeness (QED) is 0.334. The number of H-pyrrole nitrogens is 1. The molecule has 0 aliphatic heterocycles. The van der Waals surface area contributed by atoms with Crippen LogP contribution < -0.4 is 10.1 Å². The SMILES string of the molecule is CCOc1ccc2ccccc2c1/C=C(/C#N)C(=O)NCCc1c[nH]c2ccccc12. The molecule has 2 N–H and O–H groups in total. The van der Waals surface area contributed by atoms with Gasteiger partial charge in [-0.1, -0.05) is 48.5 Å². The van der Waals surface area contributed by atoms with Crippen molar-refractivity contribution in [1.82, 2.24) is 10.3 Å². The lowest BCUT2D eigenvalue weighted by Gasteiger charge is -2.11. The Bertz CT molecular complexity index is 1310. The van der Waals surface area contributed by atoms with Crippen LogP contribution in [0.15, 0.2) is 72.4 Å². The van der Waals surface area contributed by atoms with Gasteiger partial charge in [0.2, 0.25) is 0 Å².